The van der Waals surface area contributed by atoms with E-state index in [9.17, 15) is 20.1 Å². The Balaban J connectivity index is 3.56. The number of aliphatic hydroxyl groups excluding tert-OH is 3. The third-order valence-corrected chi connectivity index (χ3v) is 14.8. The van der Waals surface area contributed by atoms with E-state index in [-0.39, 0.29) is 18.9 Å². The van der Waals surface area contributed by atoms with Gasteiger partial charge in [-0.15, -0.1) is 0 Å². The Morgan fingerprint density at radius 2 is 0.606 bits per heavy atom. The van der Waals surface area contributed by atoms with E-state index < -0.39 is 18.2 Å². The Hall–Kier alpha value is -1.69. The second kappa shape index (κ2) is 60.9. The van der Waals surface area contributed by atoms with Crippen molar-refractivity contribution in [3.8, 4) is 0 Å². The minimum absolute atomic E-state index is 0.00356. The van der Waals surface area contributed by atoms with Crippen LogP contribution in [0.15, 0.2) is 48.6 Å². The minimum atomic E-state index is -0.962. The van der Waals surface area contributed by atoms with E-state index in [1.54, 1.807) is 6.08 Å². The van der Waals surface area contributed by atoms with Crippen LogP contribution in [-0.4, -0.2) is 46.1 Å². The van der Waals surface area contributed by atoms with E-state index in [4.69, 9.17) is 0 Å². The number of hydrogen-bond donors (Lipinski definition) is 4. The van der Waals surface area contributed by atoms with Crippen LogP contribution in [0.25, 0.3) is 0 Å². The van der Waals surface area contributed by atoms with E-state index in [1.165, 1.54) is 276 Å². The molecule has 0 aromatic rings. The van der Waals surface area contributed by atoms with Crippen molar-refractivity contribution in [2.75, 3.05) is 6.61 Å². The first-order valence-electron chi connectivity index (χ1n) is 31.9. The van der Waals surface area contributed by atoms with Gasteiger partial charge < -0.3 is 20.6 Å². The number of unbranched alkanes of at least 4 members (excludes halogenated alkanes) is 44. The van der Waals surface area contributed by atoms with Gasteiger partial charge in [0.25, 0.3) is 0 Å². The first kappa shape index (κ1) is 69.3. The quantitative estimate of drug-likeness (QED) is 0.0361. The van der Waals surface area contributed by atoms with Gasteiger partial charge in [0, 0.05) is 0 Å². The van der Waals surface area contributed by atoms with Gasteiger partial charge in [-0.25, -0.2) is 0 Å². The second-order valence-corrected chi connectivity index (χ2v) is 22.0. The van der Waals surface area contributed by atoms with Gasteiger partial charge in [0.15, 0.2) is 0 Å². The summed E-state index contributed by atoms with van der Waals surface area (Å²) in [5.41, 5.74) is 0. The van der Waals surface area contributed by atoms with Crippen molar-refractivity contribution in [3.05, 3.63) is 48.6 Å². The summed E-state index contributed by atoms with van der Waals surface area (Å²) in [5, 5.41) is 33.5. The number of carbonyl (C=O) groups is 1. The average Bonchev–Trinajstić information content (AvgIpc) is 3.37. The third kappa shape index (κ3) is 57.4. The number of rotatable bonds is 59. The number of amides is 1. The largest absolute Gasteiger partial charge is 0.394 e. The highest BCUT2D eigenvalue weighted by molar-refractivity contribution is 5.76. The van der Waals surface area contributed by atoms with Crippen molar-refractivity contribution in [2.45, 2.75) is 360 Å². The molecule has 3 atom stereocenters. The van der Waals surface area contributed by atoms with Crippen LogP contribution >= 0.6 is 0 Å². The molecular formula is C66H125NO4. The smallest absolute Gasteiger partial charge is 0.222 e. The van der Waals surface area contributed by atoms with Crippen LogP contribution in [0, 0.1) is 0 Å². The predicted molar refractivity (Wildman–Crippen MR) is 314 cm³/mol. The van der Waals surface area contributed by atoms with Crippen molar-refractivity contribution in [1.82, 2.24) is 5.32 Å². The molecule has 0 rings (SSSR count). The Bertz CT molecular complexity index is 1150. The molecule has 5 heteroatoms. The molecule has 3 unspecified atom stereocenters. The molecule has 0 heterocycles. The molecule has 1 amide bonds. The summed E-state index contributed by atoms with van der Waals surface area (Å²) in [4.78, 5) is 12.5. The minimum Gasteiger partial charge on any atom is -0.394 e. The summed E-state index contributed by atoms with van der Waals surface area (Å²) in [5.74, 6) is -0.325. The first-order chi connectivity index (χ1) is 35.0. The molecule has 0 aliphatic rings. The Kier molecular flexibility index (Phi) is 59.4. The molecule has 418 valence electrons. The maximum Gasteiger partial charge on any atom is 0.222 e. The summed E-state index contributed by atoms with van der Waals surface area (Å²) >= 11 is 0. The summed E-state index contributed by atoms with van der Waals surface area (Å²) in [6.45, 7) is 4.24. The number of carbonyl (C=O) groups excluding carboxylic acids is 1. The molecule has 0 aromatic heterocycles. The van der Waals surface area contributed by atoms with Gasteiger partial charge in [-0.1, -0.05) is 313 Å². The summed E-state index contributed by atoms with van der Waals surface area (Å²) in [7, 11) is 0. The molecule has 0 saturated heterocycles. The summed E-state index contributed by atoms with van der Waals surface area (Å²) in [6.07, 6.45) is 82.0. The summed E-state index contributed by atoms with van der Waals surface area (Å²) in [6, 6.07) is -0.769. The molecule has 0 aliphatic carbocycles. The van der Waals surface area contributed by atoms with E-state index >= 15 is 0 Å². The van der Waals surface area contributed by atoms with E-state index in [0.717, 1.165) is 38.5 Å². The number of aliphatic hydroxyl groups is 3. The molecule has 0 spiro atoms. The third-order valence-electron chi connectivity index (χ3n) is 14.8. The topological polar surface area (TPSA) is 89.8 Å². The lowest BCUT2D eigenvalue weighted by atomic mass is 10.0. The zero-order valence-corrected chi connectivity index (χ0v) is 47.9. The Morgan fingerprint density at radius 3 is 0.901 bits per heavy atom. The number of allylic oxidation sites excluding steroid dienone is 7. The molecular weight excluding hydrogens is 871 g/mol. The molecule has 71 heavy (non-hydrogen) atoms. The highest BCUT2D eigenvalue weighted by atomic mass is 16.3. The van der Waals surface area contributed by atoms with Gasteiger partial charge in [0.2, 0.25) is 5.91 Å². The van der Waals surface area contributed by atoms with Gasteiger partial charge in [0.05, 0.1) is 31.3 Å². The normalized spacial score (nSPS) is 13.5. The van der Waals surface area contributed by atoms with Gasteiger partial charge in [-0.05, 0) is 70.6 Å². The van der Waals surface area contributed by atoms with Crippen molar-refractivity contribution >= 4 is 5.91 Å². The molecule has 0 bridgehead atoms. The van der Waals surface area contributed by atoms with Crippen molar-refractivity contribution < 1.29 is 20.1 Å². The number of nitrogens with one attached hydrogen (secondary N) is 1. The zero-order chi connectivity index (χ0) is 51.4. The fraction of sp³-hybridized carbons (Fsp3) is 0.864. The van der Waals surface area contributed by atoms with Crippen LogP contribution < -0.4 is 5.32 Å². The summed E-state index contributed by atoms with van der Waals surface area (Å²) < 4.78 is 0. The molecule has 4 N–H and O–H groups in total. The average molecular weight is 997 g/mol. The van der Waals surface area contributed by atoms with Crippen LogP contribution in [0.2, 0.25) is 0 Å². The Morgan fingerprint density at radius 1 is 0.352 bits per heavy atom. The highest BCUT2D eigenvalue weighted by Gasteiger charge is 2.20. The highest BCUT2D eigenvalue weighted by Crippen LogP contribution is 2.18. The van der Waals surface area contributed by atoms with Crippen molar-refractivity contribution in [1.29, 1.82) is 0 Å². The van der Waals surface area contributed by atoms with Gasteiger partial charge >= 0.3 is 0 Å². The lowest BCUT2D eigenvalue weighted by molar-refractivity contribution is -0.124. The van der Waals surface area contributed by atoms with Crippen LogP contribution in [0.3, 0.4) is 0 Å². The van der Waals surface area contributed by atoms with Gasteiger partial charge in [-0.3, -0.25) is 4.79 Å². The van der Waals surface area contributed by atoms with Crippen LogP contribution in [0.4, 0.5) is 0 Å². The molecule has 0 fully saturated rings. The van der Waals surface area contributed by atoms with Gasteiger partial charge in [0.1, 0.15) is 0 Å². The van der Waals surface area contributed by atoms with E-state index in [0.29, 0.717) is 6.42 Å². The van der Waals surface area contributed by atoms with Gasteiger partial charge in [-0.2, -0.15) is 0 Å². The SMILES string of the molecule is CCCCCCCCCCCCCCC/C=C/CC/C=C/CC/C=C/C(O)C(CO)NC(=O)CC(O)CCCCCCCCCCCCCCCCC/C=C\CCCCCCCCCCCCCCCC. The molecule has 0 aromatic carbocycles. The van der Waals surface area contributed by atoms with Crippen LogP contribution in [0.1, 0.15) is 341 Å². The maximum absolute atomic E-state index is 12.5. The lowest BCUT2D eigenvalue weighted by Gasteiger charge is -2.21. The van der Waals surface area contributed by atoms with Crippen molar-refractivity contribution in [2.24, 2.45) is 0 Å². The fourth-order valence-corrected chi connectivity index (χ4v) is 9.96. The predicted octanol–water partition coefficient (Wildman–Crippen LogP) is 20.3. The molecule has 0 aliphatic heterocycles. The molecule has 0 radical (unpaired) electrons. The molecule has 5 nitrogen and oxygen atoms in total. The van der Waals surface area contributed by atoms with Crippen LogP contribution in [0.5, 0.6) is 0 Å². The van der Waals surface area contributed by atoms with E-state index in [1.807, 2.05) is 6.08 Å². The zero-order valence-electron chi connectivity index (χ0n) is 47.9. The number of hydrogen-bond acceptors (Lipinski definition) is 4. The lowest BCUT2D eigenvalue weighted by Crippen LogP contribution is -2.45. The first-order valence-corrected chi connectivity index (χ1v) is 31.9. The monoisotopic (exact) mass is 996 g/mol. The second-order valence-electron chi connectivity index (χ2n) is 22.0. The molecule has 0 saturated carbocycles. The Labute approximate surface area is 444 Å². The standard InChI is InChI=1S/C66H125NO4/c1-3-5-7-9-11-13-15-17-19-21-23-25-27-28-29-30-31-32-33-34-35-36-38-39-41-43-45-47-49-51-53-55-57-59-63(69)61-66(71)67-64(62-68)65(70)60-58-56-54-52-50-48-46-44-42-40-37-26-24-22-20-18-16-14-12-10-8-6-4-2/h30-31,42,44,50,52,58,60,63-65,68-70H,3-29,32-41,43,45-49,51,53-57,59,61-62H2,1-2H3,(H,67,71)/b31-30-,44-42+,52-50+,60-58+. The maximum atomic E-state index is 12.5. The van der Waals surface area contributed by atoms with Crippen molar-refractivity contribution in [3.63, 3.8) is 0 Å². The fourth-order valence-electron chi connectivity index (χ4n) is 9.96. The van der Waals surface area contributed by atoms with Crippen LogP contribution in [-0.2, 0) is 4.79 Å². The van der Waals surface area contributed by atoms with E-state index in [2.05, 4.69) is 55.6 Å².